The van der Waals surface area contributed by atoms with Crippen LogP contribution in [0.5, 0.6) is 0 Å². The van der Waals surface area contributed by atoms with Crippen molar-refractivity contribution >= 4 is 39.2 Å². The third-order valence-electron chi connectivity index (χ3n) is 2.83. The predicted molar refractivity (Wildman–Crippen MR) is 89.1 cm³/mol. The number of sulfonamides is 1. The number of halogens is 1. The Bertz CT molecular complexity index is 540. The Morgan fingerprint density at radius 3 is 2.67 bits per heavy atom. The topological polar surface area (TPSA) is 97.1 Å². The Morgan fingerprint density at radius 2 is 2.05 bits per heavy atom. The number of hydrogen-bond acceptors (Lipinski definition) is 6. The van der Waals surface area contributed by atoms with Gasteiger partial charge in [0.05, 0.1) is 5.02 Å². The molecule has 120 valence electrons. The lowest BCUT2D eigenvalue weighted by Crippen LogP contribution is -2.25. The van der Waals surface area contributed by atoms with Crippen molar-refractivity contribution < 1.29 is 8.42 Å². The molecular weight excluding hydrogens is 332 g/mol. The second kappa shape index (κ2) is 9.47. The van der Waals surface area contributed by atoms with E-state index in [0.717, 1.165) is 25.0 Å². The van der Waals surface area contributed by atoms with Crippen molar-refractivity contribution in [2.24, 2.45) is 5.84 Å². The van der Waals surface area contributed by atoms with E-state index in [1.807, 2.05) is 11.8 Å². The number of pyridine rings is 1. The highest BCUT2D eigenvalue weighted by Crippen LogP contribution is 2.21. The maximum absolute atomic E-state index is 12.1. The van der Waals surface area contributed by atoms with Gasteiger partial charge in [0.1, 0.15) is 4.90 Å². The van der Waals surface area contributed by atoms with Gasteiger partial charge in [-0.05, 0) is 30.9 Å². The molecule has 0 saturated heterocycles. The first-order chi connectivity index (χ1) is 10.0. The zero-order valence-electron chi connectivity index (χ0n) is 11.9. The highest BCUT2D eigenvalue weighted by molar-refractivity contribution is 7.98. The van der Waals surface area contributed by atoms with Crippen LogP contribution in [0.4, 0.5) is 5.82 Å². The summed E-state index contributed by atoms with van der Waals surface area (Å²) in [6.07, 6.45) is 7.42. The second-order valence-corrected chi connectivity index (χ2v) is 7.61. The highest BCUT2D eigenvalue weighted by atomic mass is 35.5. The third kappa shape index (κ3) is 6.39. The zero-order valence-corrected chi connectivity index (χ0v) is 14.3. The van der Waals surface area contributed by atoms with E-state index in [-0.39, 0.29) is 15.7 Å². The van der Waals surface area contributed by atoms with Gasteiger partial charge in [0.2, 0.25) is 10.0 Å². The molecule has 1 heterocycles. The molecule has 6 nitrogen and oxygen atoms in total. The minimum absolute atomic E-state index is 0.0360. The number of hydrogen-bond donors (Lipinski definition) is 3. The Morgan fingerprint density at radius 1 is 1.33 bits per heavy atom. The first-order valence-electron chi connectivity index (χ1n) is 6.62. The van der Waals surface area contributed by atoms with Gasteiger partial charge >= 0.3 is 0 Å². The minimum atomic E-state index is -3.57. The van der Waals surface area contributed by atoms with Crippen LogP contribution in [0.2, 0.25) is 5.02 Å². The molecule has 4 N–H and O–H groups in total. The Balaban J connectivity index is 2.45. The molecule has 0 saturated carbocycles. The molecule has 1 aromatic rings. The first-order valence-corrected chi connectivity index (χ1v) is 9.87. The Labute approximate surface area is 135 Å². The summed E-state index contributed by atoms with van der Waals surface area (Å²) in [5, 5.41) is 0.164. The number of unbranched alkanes of at least 4 members (excludes halogenated alkanes) is 3. The molecule has 0 unspecified atom stereocenters. The summed E-state index contributed by atoms with van der Waals surface area (Å²) in [7, 11) is -3.57. The number of rotatable bonds is 10. The predicted octanol–water partition coefficient (Wildman–Crippen LogP) is 2.22. The van der Waals surface area contributed by atoms with E-state index in [9.17, 15) is 8.42 Å². The Hall–Kier alpha value is -0.540. The van der Waals surface area contributed by atoms with E-state index in [0.29, 0.717) is 6.54 Å². The number of anilines is 1. The molecule has 0 bridgehead atoms. The van der Waals surface area contributed by atoms with Crippen LogP contribution in [-0.4, -0.2) is 32.0 Å². The highest BCUT2D eigenvalue weighted by Gasteiger charge is 2.15. The number of nitrogen functional groups attached to an aromatic ring is 1. The second-order valence-electron chi connectivity index (χ2n) is 4.45. The van der Waals surface area contributed by atoms with Gasteiger partial charge in [-0.2, -0.15) is 11.8 Å². The summed E-state index contributed by atoms with van der Waals surface area (Å²) >= 11 is 7.69. The smallest absolute Gasteiger partial charge is 0.242 e. The average Bonchev–Trinajstić information content (AvgIpc) is 2.46. The van der Waals surface area contributed by atoms with E-state index in [1.54, 1.807) is 0 Å². The fraction of sp³-hybridized carbons (Fsp3) is 0.583. The van der Waals surface area contributed by atoms with E-state index < -0.39 is 10.0 Å². The van der Waals surface area contributed by atoms with Gasteiger partial charge in [0.25, 0.3) is 0 Å². The molecule has 0 fully saturated rings. The van der Waals surface area contributed by atoms with Crippen LogP contribution in [0.1, 0.15) is 25.7 Å². The van der Waals surface area contributed by atoms with Gasteiger partial charge in [-0.15, -0.1) is 0 Å². The first kappa shape index (κ1) is 18.5. The van der Waals surface area contributed by atoms with E-state index in [4.69, 9.17) is 17.4 Å². The van der Waals surface area contributed by atoms with Crippen LogP contribution in [0.3, 0.4) is 0 Å². The number of nitrogens with zero attached hydrogens (tertiary/aromatic N) is 1. The number of thioether (sulfide) groups is 1. The number of aromatic nitrogens is 1. The molecule has 0 amide bonds. The number of nitrogens with one attached hydrogen (secondary N) is 2. The van der Waals surface area contributed by atoms with E-state index in [1.165, 1.54) is 18.7 Å². The summed E-state index contributed by atoms with van der Waals surface area (Å²) in [4.78, 5) is 3.89. The zero-order chi connectivity index (χ0) is 15.7. The molecule has 0 atom stereocenters. The van der Waals surface area contributed by atoms with E-state index in [2.05, 4.69) is 21.4 Å². The van der Waals surface area contributed by atoms with Gasteiger partial charge in [-0.3, -0.25) is 0 Å². The van der Waals surface area contributed by atoms with Crippen LogP contribution < -0.4 is 16.0 Å². The normalized spacial score (nSPS) is 11.6. The van der Waals surface area contributed by atoms with Crippen LogP contribution in [-0.2, 0) is 10.0 Å². The fourth-order valence-electron chi connectivity index (χ4n) is 1.69. The third-order valence-corrected chi connectivity index (χ3v) is 5.24. The lowest BCUT2D eigenvalue weighted by atomic mass is 10.2. The van der Waals surface area contributed by atoms with Crippen molar-refractivity contribution in [1.29, 1.82) is 0 Å². The van der Waals surface area contributed by atoms with Gasteiger partial charge in [0.15, 0.2) is 5.82 Å². The van der Waals surface area contributed by atoms with Crippen molar-refractivity contribution in [2.75, 3.05) is 24.0 Å². The van der Waals surface area contributed by atoms with Crippen molar-refractivity contribution in [3.05, 3.63) is 17.3 Å². The van der Waals surface area contributed by atoms with Gasteiger partial charge in [-0.25, -0.2) is 24.0 Å². The van der Waals surface area contributed by atoms with Gasteiger partial charge < -0.3 is 5.43 Å². The summed E-state index contributed by atoms with van der Waals surface area (Å²) in [5.41, 5.74) is 2.29. The average molecular weight is 353 g/mol. The molecule has 0 aliphatic heterocycles. The van der Waals surface area contributed by atoms with E-state index >= 15 is 0 Å². The van der Waals surface area contributed by atoms with Crippen LogP contribution in [0, 0.1) is 0 Å². The molecule has 9 heteroatoms. The minimum Gasteiger partial charge on any atom is -0.307 e. The summed E-state index contributed by atoms with van der Waals surface area (Å²) in [6, 6.07) is 1.32. The Kier molecular flexibility index (Phi) is 8.35. The monoisotopic (exact) mass is 352 g/mol. The molecule has 1 rings (SSSR count). The molecule has 0 radical (unpaired) electrons. The molecule has 0 aliphatic carbocycles. The van der Waals surface area contributed by atoms with Crippen LogP contribution in [0.15, 0.2) is 17.2 Å². The van der Waals surface area contributed by atoms with Crippen LogP contribution >= 0.6 is 23.4 Å². The molecule has 0 aliphatic rings. The summed E-state index contributed by atoms with van der Waals surface area (Å²) < 4.78 is 26.7. The summed E-state index contributed by atoms with van der Waals surface area (Å²) in [6.45, 7) is 0.413. The molecule has 1 aromatic heterocycles. The van der Waals surface area contributed by atoms with Crippen molar-refractivity contribution in [3.63, 3.8) is 0 Å². The van der Waals surface area contributed by atoms with Crippen molar-refractivity contribution in [1.82, 2.24) is 9.71 Å². The fourth-order valence-corrected chi connectivity index (χ4v) is 3.51. The lowest BCUT2D eigenvalue weighted by molar-refractivity contribution is 0.573. The van der Waals surface area contributed by atoms with Crippen molar-refractivity contribution in [3.8, 4) is 0 Å². The van der Waals surface area contributed by atoms with Gasteiger partial charge in [-0.1, -0.05) is 24.4 Å². The molecule has 0 aromatic carbocycles. The van der Waals surface area contributed by atoms with Crippen molar-refractivity contribution in [2.45, 2.75) is 30.6 Å². The molecule has 21 heavy (non-hydrogen) atoms. The summed E-state index contributed by atoms with van der Waals surface area (Å²) in [5.74, 6) is 6.58. The van der Waals surface area contributed by atoms with Gasteiger partial charge in [0, 0.05) is 12.7 Å². The SMILES string of the molecule is CSCCCCCCNS(=O)(=O)c1cnc(NN)c(Cl)c1. The maximum atomic E-state index is 12.1. The number of hydrazine groups is 1. The number of nitrogens with two attached hydrogens (primary N) is 1. The largest absolute Gasteiger partial charge is 0.307 e. The molecule has 0 spiro atoms. The quantitative estimate of drug-likeness (QED) is 0.339. The maximum Gasteiger partial charge on any atom is 0.242 e. The van der Waals surface area contributed by atoms with Crippen LogP contribution in [0.25, 0.3) is 0 Å². The molecular formula is C12H21ClN4O2S2. The lowest BCUT2D eigenvalue weighted by Gasteiger charge is -2.08. The standard InChI is InChI=1S/C12H21ClN4O2S2/c1-20-7-5-3-2-4-6-16-21(18,19)10-8-11(13)12(17-14)15-9-10/h8-9,16H,2-7,14H2,1H3,(H,15,17).